The number of benzene rings is 2. The predicted molar refractivity (Wildman–Crippen MR) is 113 cm³/mol. The lowest BCUT2D eigenvalue weighted by Crippen LogP contribution is -2.30. The average molecular weight is 351 g/mol. The van der Waals surface area contributed by atoms with Crippen molar-refractivity contribution in [2.24, 2.45) is 0 Å². The van der Waals surface area contributed by atoms with E-state index in [1.807, 2.05) is 6.07 Å². The number of hydrogen-bond donors (Lipinski definition) is 1. The molecule has 0 saturated carbocycles. The van der Waals surface area contributed by atoms with Gasteiger partial charge in [-0.15, -0.1) is 0 Å². The van der Waals surface area contributed by atoms with Crippen LogP contribution >= 0.6 is 0 Å². The molecule has 1 heterocycles. The van der Waals surface area contributed by atoms with E-state index in [2.05, 4.69) is 53.4 Å². The third kappa shape index (κ3) is 6.17. The highest BCUT2D eigenvalue weighted by atomic mass is 15.1. The van der Waals surface area contributed by atoms with Crippen molar-refractivity contribution in [1.82, 2.24) is 4.90 Å². The molecule has 1 saturated heterocycles. The Labute approximate surface area is 159 Å². The predicted octanol–water partition coefficient (Wildman–Crippen LogP) is 5.64. The Bertz CT molecular complexity index is 632. The summed E-state index contributed by atoms with van der Waals surface area (Å²) in [6, 6.07) is 19.4. The lowest BCUT2D eigenvalue weighted by atomic mass is 9.88. The molecule has 140 valence electrons. The van der Waals surface area contributed by atoms with Crippen LogP contribution in [0.3, 0.4) is 0 Å². The van der Waals surface area contributed by atoms with Crippen LogP contribution in [-0.4, -0.2) is 24.5 Å². The van der Waals surface area contributed by atoms with Crippen LogP contribution in [0.2, 0.25) is 0 Å². The molecule has 2 aromatic carbocycles. The number of piperidine rings is 1. The molecular weight excluding hydrogens is 316 g/mol. The van der Waals surface area contributed by atoms with Crippen LogP contribution in [-0.2, 0) is 6.42 Å². The maximum absolute atomic E-state index is 6.05. The molecule has 2 N–H and O–H groups in total. The van der Waals surface area contributed by atoms with Crippen molar-refractivity contribution in [3.05, 3.63) is 65.7 Å². The lowest BCUT2D eigenvalue weighted by molar-refractivity contribution is 0.222. The summed E-state index contributed by atoms with van der Waals surface area (Å²) in [5, 5.41) is 0. The number of hydrogen-bond acceptors (Lipinski definition) is 2. The van der Waals surface area contributed by atoms with Gasteiger partial charge in [0.2, 0.25) is 0 Å². The van der Waals surface area contributed by atoms with Crippen LogP contribution in [0.1, 0.15) is 62.0 Å². The Morgan fingerprint density at radius 1 is 0.846 bits per heavy atom. The van der Waals surface area contributed by atoms with Crippen LogP contribution in [0.5, 0.6) is 0 Å². The molecule has 1 atom stereocenters. The van der Waals surface area contributed by atoms with Crippen molar-refractivity contribution >= 4 is 5.69 Å². The van der Waals surface area contributed by atoms with Gasteiger partial charge < -0.3 is 10.6 Å². The van der Waals surface area contributed by atoms with E-state index in [1.54, 1.807) is 0 Å². The summed E-state index contributed by atoms with van der Waals surface area (Å²) in [6.07, 6.45) is 10.4. The van der Waals surface area contributed by atoms with Crippen LogP contribution in [0, 0.1) is 0 Å². The Hall–Kier alpha value is -1.80. The molecule has 26 heavy (non-hydrogen) atoms. The average Bonchev–Trinajstić information content (AvgIpc) is 2.68. The van der Waals surface area contributed by atoms with Crippen molar-refractivity contribution in [2.45, 2.75) is 57.3 Å². The van der Waals surface area contributed by atoms with E-state index in [0.29, 0.717) is 5.92 Å². The molecule has 0 bridgehead atoms. The number of aryl methyl sites for hydroxylation is 1. The van der Waals surface area contributed by atoms with E-state index >= 15 is 0 Å². The van der Waals surface area contributed by atoms with Gasteiger partial charge in [-0.2, -0.15) is 0 Å². The molecule has 2 nitrogen and oxygen atoms in total. The van der Waals surface area contributed by atoms with Crippen LogP contribution in [0.15, 0.2) is 54.6 Å². The Morgan fingerprint density at radius 3 is 2.38 bits per heavy atom. The summed E-state index contributed by atoms with van der Waals surface area (Å²) < 4.78 is 0. The second-order valence-corrected chi connectivity index (χ2v) is 7.79. The molecule has 1 aliphatic heterocycles. The SMILES string of the molecule is Nc1cccc(C(CCCc2ccccc2)CCCN2CCCCC2)c1. The van der Waals surface area contributed by atoms with E-state index in [4.69, 9.17) is 5.73 Å². The third-order valence-electron chi connectivity index (χ3n) is 5.72. The maximum atomic E-state index is 6.05. The molecule has 0 radical (unpaired) electrons. The van der Waals surface area contributed by atoms with Gasteiger partial charge in [0.05, 0.1) is 0 Å². The number of anilines is 1. The quantitative estimate of drug-likeness (QED) is 0.593. The molecule has 1 aliphatic rings. The zero-order valence-electron chi connectivity index (χ0n) is 16.1. The van der Waals surface area contributed by atoms with Crippen LogP contribution < -0.4 is 5.73 Å². The van der Waals surface area contributed by atoms with E-state index < -0.39 is 0 Å². The summed E-state index contributed by atoms with van der Waals surface area (Å²) in [5.74, 6) is 0.631. The largest absolute Gasteiger partial charge is 0.399 e. The van der Waals surface area contributed by atoms with Crippen LogP contribution in [0.4, 0.5) is 5.69 Å². The third-order valence-corrected chi connectivity index (χ3v) is 5.72. The first-order valence-electron chi connectivity index (χ1n) is 10.4. The van der Waals surface area contributed by atoms with E-state index in [-0.39, 0.29) is 0 Å². The molecule has 0 aliphatic carbocycles. The van der Waals surface area contributed by atoms with Crippen molar-refractivity contribution in [1.29, 1.82) is 0 Å². The topological polar surface area (TPSA) is 29.3 Å². The maximum Gasteiger partial charge on any atom is 0.0316 e. The van der Waals surface area contributed by atoms with Gasteiger partial charge in [0.1, 0.15) is 0 Å². The summed E-state index contributed by atoms with van der Waals surface area (Å²) in [4.78, 5) is 2.66. The monoisotopic (exact) mass is 350 g/mol. The summed E-state index contributed by atoms with van der Waals surface area (Å²) in [7, 11) is 0. The lowest BCUT2D eigenvalue weighted by Gasteiger charge is -2.27. The number of nitrogen functional groups attached to an aromatic ring is 1. The first-order chi connectivity index (χ1) is 12.8. The minimum absolute atomic E-state index is 0.631. The molecule has 2 heteroatoms. The number of nitrogens with two attached hydrogens (primary N) is 1. The number of nitrogens with zero attached hydrogens (tertiary/aromatic N) is 1. The normalized spacial score (nSPS) is 16.5. The fourth-order valence-electron chi connectivity index (χ4n) is 4.23. The summed E-state index contributed by atoms with van der Waals surface area (Å²) in [5.41, 5.74) is 9.83. The van der Waals surface area contributed by atoms with Gasteiger partial charge in [-0.25, -0.2) is 0 Å². The van der Waals surface area contributed by atoms with Gasteiger partial charge in [-0.3, -0.25) is 0 Å². The highest BCUT2D eigenvalue weighted by Gasteiger charge is 2.14. The fraction of sp³-hybridized carbons (Fsp3) is 0.500. The number of rotatable bonds is 9. The van der Waals surface area contributed by atoms with E-state index in [1.165, 1.54) is 82.1 Å². The number of likely N-dealkylation sites (tertiary alicyclic amines) is 1. The Kier molecular flexibility index (Phi) is 7.57. The van der Waals surface area contributed by atoms with Gasteiger partial charge in [0.25, 0.3) is 0 Å². The van der Waals surface area contributed by atoms with Crippen molar-refractivity contribution in [2.75, 3.05) is 25.4 Å². The highest BCUT2D eigenvalue weighted by molar-refractivity contribution is 5.41. The minimum Gasteiger partial charge on any atom is -0.399 e. The second-order valence-electron chi connectivity index (χ2n) is 7.79. The molecule has 0 amide bonds. The Morgan fingerprint density at radius 2 is 1.62 bits per heavy atom. The molecule has 1 unspecified atom stereocenters. The first-order valence-corrected chi connectivity index (χ1v) is 10.4. The molecular formula is C24H34N2. The standard InChI is InChI=1S/C24H34N2/c25-24-16-8-14-23(20-24)22(13-7-12-21-10-3-1-4-11-21)15-9-19-26-17-5-2-6-18-26/h1,3-4,8,10-11,14,16,20,22H,2,5-7,9,12-13,15,17-19,25H2. The Balaban J connectivity index is 1.52. The van der Waals surface area contributed by atoms with Crippen molar-refractivity contribution in [3.8, 4) is 0 Å². The van der Waals surface area contributed by atoms with E-state index in [0.717, 1.165) is 5.69 Å². The first kappa shape index (κ1) is 19.0. The van der Waals surface area contributed by atoms with Gasteiger partial charge in [0, 0.05) is 5.69 Å². The van der Waals surface area contributed by atoms with E-state index in [9.17, 15) is 0 Å². The molecule has 1 fully saturated rings. The summed E-state index contributed by atoms with van der Waals surface area (Å²) >= 11 is 0. The van der Waals surface area contributed by atoms with Gasteiger partial charge in [-0.05, 0) is 93.8 Å². The van der Waals surface area contributed by atoms with Gasteiger partial charge in [0.15, 0.2) is 0 Å². The smallest absolute Gasteiger partial charge is 0.0316 e. The molecule has 2 aromatic rings. The van der Waals surface area contributed by atoms with Gasteiger partial charge in [-0.1, -0.05) is 48.9 Å². The molecule has 0 spiro atoms. The fourth-order valence-corrected chi connectivity index (χ4v) is 4.23. The zero-order valence-corrected chi connectivity index (χ0v) is 16.1. The minimum atomic E-state index is 0.631. The molecule has 3 rings (SSSR count). The molecule has 0 aromatic heterocycles. The van der Waals surface area contributed by atoms with Crippen molar-refractivity contribution < 1.29 is 0 Å². The highest BCUT2D eigenvalue weighted by Crippen LogP contribution is 2.28. The van der Waals surface area contributed by atoms with Gasteiger partial charge >= 0.3 is 0 Å². The van der Waals surface area contributed by atoms with Crippen LogP contribution in [0.25, 0.3) is 0 Å². The zero-order chi connectivity index (χ0) is 18.0. The summed E-state index contributed by atoms with van der Waals surface area (Å²) in [6.45, 7) is 3.87. The van der Waals surface area contributed by atoms with Crippen molar-refractivity contribution in [3.63, 3.8) is 0 Å². The second kappa shape index (κ2) is 10.4.